The highest BCUT2D eigenvalue weighted by Crippen LogP contribution is 2.49. The van der Waals surface area contributed by atoms with E-state index < -0.39 is 0 Å². The Morgan fingerprint density at radius 3 is 2.53 bits per heavy atom. The molecule has 0 aliphatic carbocycles. The summed E-state index contributed by atoms with van der Waals surface area (Å²) in [4.78, 5) is 9.35. The second kappa shape index (κ2) is 8.34. The quantitative estimate of drug-likeness (QED) is 0.615. The third-order valence-corrected chi connectivity index (χ3v) is 7.40. The van der Waals surface area contributed by atoms with Crippen LogP contribution in [0, 0.1) is 0 Å². The molecule has 0 saturated carbocycles. The van der Waals surface area contributed by atoms with Gasteiger partial charge < -0.3 is 9.64 Å². The number of hydrogen-bond acceptors (Lipinski definition) is 5. The number of ether oxygens (including phenoxy) is 1. The van der Waals surface area contributed by atoms with Crippen molar-refractivity contribution in [3.8, 4) is 17.0 Å². The standard InChI is InChI=1S/C26H31N5O/c1-2-8-24-22(7-1)25-23(19-28-31(25)17-16-29-12-3-4-13-29)26(32-24)9-14-30(15-10-26)20-21-6-5-11-27-18-21/h1-2,5-8,11,18-19H,3-4,9-10,12-17,20H2. The Labute approximate surface area is 189 Å². The normalized spacial score (nSPS) is 20.1. The summed E-state index contributed by atoms with van der Waals surface area (Å²) in [6.45, 7) is 7.42. The largest absolute Gasteiger partial charge is 0.482 e. The first-order valence-corrected chi connectivity index (χ1v) is 12.0. The predicted octanol–water partition coefficient (Wildman–Crippen LogP) is 3.92. The van der Waals surface area contributed by atoms with Crippen LogP contribution in [0.2, 0.25) is 0 Å². The molecular formula is C26H31N5O. The summed E-state index contributed by atoms with van der Waals surface area (Å²) in [7, 11) is 0. The molecule has 0 atom stereocenters. The number of para-hydroxylation sites is 1. The molecule has 1 aromatic carbocycles. The first-order valence-electron chi connectivity index (χ1n) is 12.0. The zero-order chi connectivity index (χ0) is 21.4. The van der Waals surface area contributed by atoms with E-state index in [0.29, 0.717) is 0 Å². The van der Waals surface area contributed by atoms with Crippen molar-refractivity contribution in [3.05, 3.63) is 66.1 Å². The van der Waals surface area contributed by atoms with E-state index in [9.17, 15) is 0 Å². The fraction of sp³-hybridized carbons (Fsp3) is 0.462. The predicted molar refractivity (Wildman–Crippen MR) is 124 cm³/mol. The number of benzene rings is 1. The molecule has 0 N–H and O–H groups in total. The molecule has 1 spiro atoms. The van der Waals surface area contributed by atoms with Gasteiger partial charge in [0.1, 0.15) is 11.4 Å². The fourth-order valence-electron chi connectivity index (χ4n) is 5.63. The SMILES string of the molecule is c1cncc(CN2CCC3(CC2)Oc2ccccc2-c2c3cnn2CCN2CCCC2)c1. The van der Waals surface area contributed by atoms with Gasteiger partial charge in [-0.2, -0.15) is 5.10 Å². The zero-order valence-corrected chi connectivity index (χ0v) is 18.6. The first kappa shape index (κ1) is 19.9. The highest BCUT2D eigenvalue weighted by Gasteiger charge is 2.45. The average Bonchev–Trinajstić information content (AvgIpc) is 3.51. The third-order valence-electron chi connectivity index (χ3n) is 7.40. The van der Waals surface area contributed by atoms with Gasteiger partial charge in [0.25, 0.3) is 0 Å². The molecule has 3 aliphatic heterocycles. The van der Waals surface area contributed by atoms with Crippen LogP contribution in [0.4, 0.5) is 0 Å². The van der Waals surface area contributed by atoms with E-state index in [0.717, 1.165) is 51.3 Å². The molecule has 0 unspecified atom stereocenters. The number of piperidine rings is 1. The first-order chi connectivity index (χ1) is 15.8. The molecule has 2 fully saturated rings. The van der Waals surface area contributed by atoms with Gasteiger partial charge in [-0.05, 0) is 49.7 Å². The molecule has 6 nitrogen and oxygen atoms in total. The van der Waals surface area contributed by atoms with Gasteiger partial charge in [0.15, 0.2) is 0 Å². The molecule has 3 aromatic rings. The molecule has 5 heterocycles. The topological polar surface area (TPSA) is 46.4 Å². The van der Waals surface area contributed by atoms with Crippen LogP contribution in [0.25, 0.3) is 11.3 Å². The van der Waals surface area contributed by atoms with E-state index in [2.05, 4.69) is 56.0 Å². The van der Waals surface area contributed by atoms with Crippen molar-refractivity contribution in [1.82, 2.24) is 24.6 Å². The number of hydrogen-bond donors (Lipinski definition) is 0. The Kier molecular flexibility index (Phi) is 5.20. The number of likely N-dealkylation sites (tertiary alicyclic amines) is 2. The summed E-state index contributed by atoms with van der Waals surface area (Å²) < 4.78 is 9.01. The van der Waals surface area contributed by atoms with Crippen LogP contribution in [0.5, 0.6) is 5.75 Å². The average molecular weight is 430 g/mol. The molecule has 0 amide bonds. The molecule has 166 valence electrons. The Balaban J connectivity index is 1.26. The minimum atomic E-state index is -0.277. The summed E-state index contributed by atoms with van der Waals surface area (Å²) in [6.07, 6.45) is 10.5. The Bertz CT molecular complexity index is 1060. The van der Waals surface area contributed by atoms with Gasteiger partial charge in [0.05, 0.1) is 18.4 Å². The molecule has 6 heteroatoms. The molecular weight excluding hydrogens is 398 g/mol. The highest BCUT2D eigenvalue weighted by molar-refractivity contribution is 5.73. The number of rotatable bonds is 5. The molecule has 2 aromatic heterocycles. The Hall–Kier alpha value is -2.70. The summed E-state index contributed by atoms with van der Waals surface area (Å²) in [6, 6.07) is 12.7. The zero-order valence-electron chi connectivity index (χ0n) is 18.6. The van der Waals surface area contributed by atoms with Crippen LogP contribution in [0.1, 0.15) is 36.8 Å². The number of aromatic nitrogens is 3. The minimum absolute atomic E-state index is 0.277. The Morgan fingerprint density at radius 1 is 0.875 bits per heavy atom. The van der Waals surface area contributed by atoms with Gasteiger partial charge in [-0.15, -0.1) is 0 Å². The molecule has 0 radical (unpaired) electrons. The molecule has 3 aliphatic rings. The lowest BCUT2D eigenvalue weighted by atomic mass is 9.81. The van der Waals surface area contributed by atoms with Gasteiger partial charge in [-0.1, -0.05) is 18.2 Å². The van der Waals surface area contributed by atoms with E-state index in [4.69, 9.17) is 9.84 Å². The fourth-order valence-corrected chi connectivity index (χ4v) is 5.63. The molecule has 2 saturated heterocycles. The van der Waals surface area contributed by atoms with Crippen molar-refractivity contribution < 1.29 is 4.74 Å². The van der Waals surface area contributed by atoms with E-state index in [1.165, 1.54) is 48.3 Å². The number of nitrogens with zero attached hydrogens (tertiary/aromatic N) is 5. The number of pyridine rings is 1. The summed E-state index contributed by atoms with van der Waals surface area (Å²) in [5.74, 6) is 1.00. The van der Waals surface area contributed by atoms with Crippen LogP contribution >= 0.6 is 0 Å². The summed E-state index contributed by atoms with van der Waals surface area (Å²) in [5, 5.41) is 4.88. The van der Waals surface area contributed by atoms with Crippen LogP contribution in [-0.4, -0.2) is 57.3 Å². The summed E-state index contributed by atoms with van der Waals surface area (Å²) in [5.41, 5.74) is 4.73. The van der Waals surface area contributed by atoms with Crippen molar-refractivity contribution in [2.45, 2.75) is 44.4 Å². The smallest absolute Gasteiger partial charge is 0.140 e. The van der Waals surface area contributed by atoms with E-state index in [-0.39, 0.29) is 5.60 Å². The number of fused-ring (bicyclic) bond motifs is 4. The van der Waals surface area contributed by atoms with Crippen molar-refractivity contribution >= 4 is 0 Å². The molecule has 6 rings (SSSR count). The van der Waals surface area contributed by atoms with Crippen molar-refractivity contribution in [1.29, 1.82) is 0 Å². The van der Waals surface area contributed by atoms with Gasteiger partial charge in [0.2, 0.25) is 0 Å². The second-order valence-corrected chi connectivity index (χ2v) is 9.41. The maximum Gasteiger partial charge on any atom is 0.140 e. The van der Waals surface area contributed by atoms with Gasteiger partial charge in [0, 0.05) is 62.5 Å². The lowest BCUT2D eigenvalue weighted by Gasteiger charge is -2.44. The van der Waals surface area contributed by atoms with E-state index >= 15 is 0 Å². The van der Waals surface area contributed by atoms with Crippen LogP contribution in [0.3, 0.4) is 0 Å². The lowest BCUT2D eigenvalue weighted by molar-refractivity contribution is -0.00698. The lowest BCUT2D eigenvalue weighted by Crippen LogP contribution is -2.47. The summed E-state index contributed by atoms with van der Waals surface area (Å²) >= 11 is 0. The molecule has 0 bridgehead atoms. The van der Waals surface area contributed by atoms with Gasteiger partial charge in [-0.3, -0.25) is 14.6 Å². The Morgan fingerprint density at radius 2 is 1.72 bits per heavy atom. The molecule has 32 heavy (non-hydrogen) atoms. The van der Waals surface area contributed by atoms with Crippen molar-refractivity contribution in [2.24, 2.45) is 0 Å². The monoisotopic (exact) mass is 429 g/mol. The maximum absolute atomic E-state index is 6.77. The van der Waals surface area contributed by atoms with E-state index in [1.54, 1.807) is 0 Å². The minimum Gasteiger partial charge on any atom is -0.482 e. The van der Waals surface area contributed by atoms with Crippen LogP contribution < -0.4 is 4.74 Å². The van der Waals surface area contributed by atoms with Crippen molar-refractivity contribution in [2.75, 3.05) is 32.7 Å². The van der Waals surface area contributed by atoms with Crippen LogP contribution in [0.15, 0.2) is 55.0 Å². The van der Waals surface area contributed by atoms with Crippen molar-refractivity contribution in [3.63, 3.8) is 0 Å². The van der Waals surface area contributed by atoms with Gasteiger partial charge in [-0.25, -0.2) is 0 Å². The third kappa shape index (κ3) is 3.61. The van der Waals surface area contributed by atoms with E-state index in [1.807, 2.05) is 18.5 Å². The maximum atomic E-state index is 6.77. The highest BCUT2D eigenvalue weighted by atomic mass is 16.5. The van der Waals surface area contributed by atoms with Crippen LogP contribution in [-0.2, 0) is 18.7 Å². The van der Waals surface area contributed by atoms with Gasteiger partial charge >= 0.3 is 0 Å². The second-order valence-electron chi connectivity index (χ2n) is 9.41.